The molecule has 2 aromatic rings. The molecule has 0 heterocycles. The maximum atomic E-state index is 13.7. The zero-order chi connectivity index (χ0) is 19.9. The number of nitrogens with zero attached hydrogens (tertiary/aromatic N) is 1. The summed E-state index contributed by atoms with van der Waals surface area (Å²) in [5.74, 6) is 0. The van der Waals surface area contributed by atoms with Crippen molar-refractivity contribution >= 4 is 11.4 Å². The fourth-order valence-corrected chi connectivity index (χ4v) is 3.43. The fourth-order valence-electron chi connectivity index (χ4n) is 2.63. The molecule has 2 atom stereocenters. The van der Waals surface area contributed by atoms with Crippen molar-refractivity contribution in [1.82, 2.24) is 9.62 Å². The highest BCUT2D eigenvalue weighted by Crippen LogP contribution is 2.18. The summed E-state index contributed by atoms with van der Waals surface area (Å²) in [5, 5.41) is 0. The summed E-state index contributed by atoms with van der Waals surface area (Å²) in [6.07, 6.45) is -2.61. The Balaban J connectivity index is 2.14. The quantitative estimate of drug-likeness (QED) is 0.642. The van der Waals surface area contributed by atoms with Crippen LogP contribution in [0.5, 0.6) is 0 Å². The third-order valence-corrected chi connectivity index (χ3v) is 5.70. The van der Waals surface area contributed by atoms with Gasteiger partial charge in [-0.2, -0.15) is 0 Å². The van der Waals surface area contributed by atoms with E-state index in [0.717, 1.165) is 11.1 Å². The van der Waals surface area contributed by atoms with Crippen LogP contribution in [0.3, 0.4) is 0 Å². The standard InChI is InChI=1S/C21H28F2N2OS/c1-21(2,3)27(26)24-19(20(22)23)16-25(14-17-10-6-4-7-11-17)15-18-12-8-5-9-13-18/h4-13,19-20,24H,14-16H2,1-3H3/t19-,27?/m0/s1. The molecule has 0 spiro atoms. The average Bonchev–Trinajstić information content (AvgIpc) is 2.61. The normalized spacial score (nSPS) is 14.5. The van der Waals surface area contributed by atoms with Gasteiger partial charge in [-0.1, -0.05) is 60.7 Å². The molecular weight excluding hydrogens is 366 g/mol. The van der Waals surface area contributed by atoms with Crippen LogP contribution in [0.25, 0.3) is 0 Å². The van der Waals surface area contributed by atoms with Crippen molar-refractivity contribution in [3.05, 3.63) is 71.8 Å². The van der Waals surface area contributed by atoms with Crippen molar-refractivity contribution in [3.63, 3.8) is 0 Å². The first-order chi connectivity index (χ1) is 12.8. The van der Waals surface area contributed by atoms with Crippen LogP contribution < -0.4 is 4.72 Å². The SMILES string of the molecule is CC(C)(C)[S+]([O-])N[C@@H](CN(Cc1ccccc1)Cc1ccccc1)C(F)F. The van der Waals surface area contributed by atoms with Crippen LogP contribution in [-0.2, 0) is 24.5 Å². The van der Waals surface area contributed by atoms with Crippen LogP contribution >= 0.6 is 0 Å². The van der Waals surface area contributed by atoms with Crippen LogP contribution in [0.4, 0.5) is 8.78 Å². The highest BCUT2D eigenvalue weighted by Gasteiger charge is 2.34. The van der Waals surface area contributed by atoms with Gasteiger partial charge in [0.2, 0.25) is 0 Å². The molecule has 0 radical (unpaired) electrons. The Morgan fingerprint density at radius 2 is 1.37 bits per heavy atom. The van der Waals surface area contributed by atoms with Gasteiger partial charge in [-0.05, 0) is 31.9 Å². The molecule has 2 aromatic carbocycles. The van der Waals surface area contributed by atoms with Gasteiger partial charge in [0, 0.05) is 31.0 Å². The first-order valence-corrected chi connectivity index (χ1v) is 10.2. The molecule has 1 unspecified atom stereocenters. The van der Waals surface area contributed by atoms with Crippen LogP contribution in [-0.4, -0.2) is 33.2 Å². The molecule has 1 N–H and O–H groups in total. The predicted octanol–water partition coefficient (Wildman–Crippen LogP) is 4.37. The molecule has 0 aromatic heterocycles. The van der Waals surface area contributed by atoms with E-state index >= 15 is 0 Å². The van der Waals surface area contributed by atoms with E-state index in [2.05, 4.69) is 4.72 Å². The third-order valence-electron chi connectivity index (χ3n) is 4.07. The molecule has 0 aliphatic heterocycles. The van der Waals surface area contributed by atoms with E-state index in [0.29, 0.717) is 13.1 Å². The smallest absolute Gasteiger partial charge is 0.259 e. The number of hydrogen-bond donors (Lipinski definition) is 1. The van der Waals surface area contributed by atoms with Crippen molar-refractivity contribution in [3.8, 4) is 0 Å². The van der Waals surface area contributed by atoms with Gasteiger partial charge in [-0.15, -0.1) is 4.72 Å². The lowest BCUT2D eigenvalue weighted by molar-refractivity contribution is 0.0810. The Morgan fingerprint density at radius 3 is 1.74 bits per heavy atom. The molecular formula is C21H28F2N2OS. The van der Waals surface area contributed by atoms with E-state index in [4.69, 9.17) is 0 Å². The molecule has 0 aliphatic rings. The molecule has 3 nitrogen and oxygen atoms in total. The van der Waals surface area contributed by atoms with E-state index in [1.54, 1.807) is 20.8 Å². The van der Waals surface area contributed by atoms with Gasteiger partial charge in [0.25, 0.3) is 6.43 Å². The largest absolute Gasteiger partial charge is 0.598 e. The number of halogens is 2. The topological polar surface area (TPSA) is 38.3 Å². The second-order valence-corrected chi connectivity index (χ2v) is 9.58. The molecule has 0 fully saturated rings. The minimum atomic E-state index is -2.61. The molecule has 0 bridgehead atoms. The summed E-state index contributed by atoms with van der Waals surface area (Å²) in [7, 11) is 0. The minimum absolute atomic E-state index is 0.100. The molecule has 148 valence electrons. The molecule has 6 heteroatoms. The summed E-state index contributed by atoms with van der Waals surface area (Å²) in [6.45, 7) is 6.49. The molecule has 0 amide bonds. The second-order valence-electron chi connectivity index (χ2n) is 7.58. The van der Waals surface area contributed by atoms with Crippen molar-refractivity contribution < 1.29 is 13.3 Å². The highest BCUT2D eigenvalue weighted by atomic mass is 32.2. The first kappa shape index (κ1) is 21.8. The maximum Gasteiger partial charge on any atom is 0.259 e. The lowest BCUT2D eigenvalue weighted by Gasteiger charge is -2.31. The maximum absolute atomic E-state index is 13.7. The van der Waals surface area contributed by atoms with Crippen LogP contribution in [0, 0.1) is 0 Å². The van der Waals surface area contributed by atoms with Gasteiger partial charge in [0.05, 0.1) is 0 Å². The Hall–Kier alpha value is -1.47. The molecule has 0 saturated heterocycles. The predicted molar refractivity (Wildman–Crippen MR) is 108 cm³/mol. The van der Waals surface area contributed by atoms with E-state index < -0.39 is 28.6 Å². The Bertz CT molecular complexity index is 623. The summed E-state index contributed by atoms with van der Waals surface area (Å²) >= 11 is -1.55. The number of alkyl halides is 2. The van der Waals surface area contributed by atoms with Gasteiger partial charge in [-0.25, -0.2) is 8.78 Å². The fraction of sp³-hybridized carbons (Fsp3) is 0.429. The van der Waals surface area contributed by atoms with E-state index in [9.17, 15) is 13.3 Å². The summed E-state index contributed by atoms with van der Waals surface area (Å²) in [4.78, 5) is 1.97. The number of rotatable bonds is 9. The summed E-state index contributed by atoms with van der Waals surface area (Å²) in [5.41, 5.74) is 2.11. The van der Waals surface area contributed by atoms with Crippen molar-refractivity contribution in [2.75, 3.05) is 6.54 Å². The van der Waals surface area contributed by atoms with Crippen LogP contribution in [0.2, 0.25) is 0 Å². The Kier molecular flexibility index (Phi) is 8.23. The summed E-state index contributed by atoms with van der Waals surface area (Å²) < 4.78 is 41.7. The van der Waals surface area contributed by atoms with Gasteiger partial charge < -0.3 is 4.55 Å². The van der Waals surface area contributed by atoms with E-state index in [-0.39, 0.29) is 6.54 Å². The number of hydrogen-bond acceptors (Lipinski definition) is 3. The van der Waals surface area contributed by atoms with Crippen LogP contribution in [0.1, 0.15) is 31.9 Å². The zero-order valence-corrected chi connectivity index (χ0v) is 16.9. The highest BCUT2D eigenvalue weighted by molar-refractivity contribution is 7.90. The average molecular weight is 395 g/mol. The molecule has 2 rings (SSSR count). The number of benzene rings is 2. The monoisotopic (exact) mass is 394 g/mol. The van der Waals surface area contributed by atoms with Crippen molar-refractivity contribution in [1.29, 1.82) is 0 Å². The molecule has 27 heavy (non-hydrogen) atoms. The third kappa shape index (κ3) is 7.58. The van der Waals surface area contributed by atoms with Gasteiger partial charge >= 0.3 is 0 Å². The van der Waals surface area contributed by atoms with Gasteiger partial charge in [-0.3, -0.25) is 4.90 Å². The van der Waals surface area contributed by atoms with Gasteiger partial charge in [0.15, 0.2) is 0 Å². The van der Waals surface area contributed by atoms with E-state index in [1.807, 2.05) is 65.6 Å². The Morgan fingerprint density at radius 1 is 0.926 bits per heavy atom. The van der Waals surface area contributed by atoms with Crippen molar-refractivity contribution in [2.45, 2.75) is 51.1 Å². The first-order valence-electron chi connectivity index (χ1n) is 9.02. The van der Waals surface area contributed by atoms with Crippen molar-refractivity contribution in [2.24, 2.45) is 0 Å². The second kappa shape index (κ2) is 10.2. The van der Waals surface area contributed by atoms with E-state index in [1.165, 1.54) is 0 Å². The molecule has 0 aliphatic carbocycles. The van der Waals surface area contributed by atoms with Gasteiger partial charge in [0.1, 0.15) is 10.8 Å². The lowest BCUT2D eigenvalue weighted by Crippen LogP contribution is -2.52. The minimum Gasteiger partial charge on any atom is -0.598 e. The Labute approximate surface area is 164 Å². The summed E-state index contributed by atoms with van der Waals surface area (Å²) in [6, 6.07) is 18.4. The lowest BCUT2D eigenvalue weighted by atomic mass is 10.1. The molecule has 0 saturated carbocycles. The number of nitrogens with one attached hydrogen (secondary N) is 1. The van der Waals surface area contributed by atoms with Crippen LogP contribution in [0.15, 0.2) is 60.7 Å². The zero-order valence-electron chi connectivity index (χ0n) is 16.1.